The molecule has 2 aromatic heterocycles. The van der Waals surface area contributed by atoms with Gasteiger partial charge < -0.3 is 14.5 Å². The molecule has 6 nitrogen and oxygen atoms in total. The number of nitrogens with one attached hydrogen (secondary N) is 1. The highest BCUT2D eigenvalue weighted by atomic mass is 16.5. The van der Waals surface area contributed by atoms with Crippen LogP contribution in [0.5, 0.6) is 0 Å². The number of carbonyl (C=O) groups is 1. The van der Waals surface area contributed by atoms with E-state index in [-0.39, 0.29) is 17.9 Å². The number of aromatic nitrogens is 2. The molecule has 0 bridgehead atoms. The van der Waals surface area contributed by atoms with Crippen LogP contribution in [0.3, 0.4) is 0 Å². The summed E-state index contributed by atoms with van der Waals surface area (Å²) in [7, 11) is 1.90. The minimum Gasteiger partial charge on any atom is -0.469 e. The smallest absolute Gasteiger partial charge is 0.226 e. The van der Waals surface area contributed by atoms with Crippen molar-refractivity contribution in [2.24, 2.45) is 13.0 Å². The number of hydrogen-bond acceptors (Lipinski definition) is 4. The van der Waals surface area contributed by atoms with E-state index in [2.05, 4.69) is 10.4 Å². The van der Waals surface area contributed by atoms with Crippen molar-refractivity contribution in [2.45, 2.75) is 25.9 Å². The van der Waals surface area contributed by atoms with Crippen molar-refractivity contribution in [3.05, 3.63) is 41.6 Å². The van der Waals surface area contributed by atoms with Crippen LogP contribution in [0.2, 0.25) is 0 Å². The normalized spacial score (nSPS) is 21.2. The summed E-state index contributed by atoms with van der Waals surface area (Å²) >= 11 is 0. The van der Waals surface area contributed by atoms with Crippen LogP contribution in [-0.4, -0.2) is 28.8 Å². The third-order valence-electron chi connectivity index (χ3n) is 4.26. The van der Waals surface area contributed by atoms with E-state index in [1.807, 2.05) is 30.8 Å². The van der Waals surface area contributed by atoms with Crippen LogP contribution in [0.1, 0.15) is 29.5 Å². The molecule has 6 heteroatoms. The van der Waals surface area contributed by atoms with Crippen molar-refractivity contribution >= 4 is 5.91 Å². The second-order valence-corrected chi connectivity index (χ2v) is 5.62. The highest BCUT2D eigenvalue weighted by Crippen LogP contribution is 2.35. The summed E-state index contributed by atoms with van der Waals surface area (Å²) in [6, 6.07) is 3.76. The zero-order valence-electron chi connectivity index (χ0n) is 12.9. The summed E-state index contributed by atoms with van der Waals surface area (Å²) < 4.78 is 12.9. The van der Waals surface area contributed by atoms with Crippen molar-refractivity contribution in [1.29, 1.82) is 0 Å². The molecule has 0 aliphatic carbocycles. The van der Waals surface area contributed by atoms with Gasteiger partial charge in [0.15, 0.2) is 0 Å². The van der Waals surface area contributed by atoms with Gasteiger partial charge in [-0.1, -0.05) is 0 Å². The topological polar surface area (TPSA) is 69.3 Å². The van der Waals surface area contributed by atoms with Crippen molar-refractivity contribution in [1.82, 2.24) is 15.1 Å². The zero-order valence-corrected chi connectivity index (χ0v) is 12.9. The van der Waals surface area contributed by atoms with Crippen molar-refractivity contribution in [2.75, 3.05) is 13.2 Å². The maximum atomic E-state index is 12.4. The van der Waals surface area contributed by atoms with Gasteiger partial charge in [0.05, 0.1) is 24.5 Å². The first kappa shape index (κ1) is 14.8. The molecule has 1 aliphatic rings. The SMILES string of the molecule is Cc1c([C@H]2OCC[C@@H]2C(=O)NCCc2ccco2)cnn1C. The second-order valence-electron chi connectivity index (χ2n) is 5.62. The van der Waals surface area contributed by atoms with Gasteiger partial charge in [0.2, 0.25) is 5.91 Å². The molecule has 3 heterocycles. The van der Waals surface area contributed by atoms with E-state index in [1.165, 1.54) is 0 Å². The van der Waals surface area contributed by atoms with E-state index < -0.39 is 0 Å². The van der Waals surface area contributed by atoms with Crippen LogP contribution in [0, 0.1) is 12.8 Å². The van der Waals surface area contributed by atoms with Gasteiger partial charge in [0.25, 0.3) is 0 Å². The Labute approximate surface area is 129 Å². The van der Waals surface area contributed by atoms with E-state index in [1.54, 1.807) is 12.5 Å². The summed E-state index contributed by atoms with van der Waals surface area (Å²) in [6.45, 7) is 3.17. The van der Waals surface area contributed by atoms with Crippen LogP contribution in [0.25, 0.3) is 0 Å². The first-order chi connectivity index (χ1) is 10.7. The maximum absolute atomic E-state index is 12.4. The molecule has 1 aliphatic heterocycles. The molecule has 0 aromatic carbocycles. The lowest BCUT2D eigenvalue weighted by Crippen LogP contribution is -2.33. The fourth-order valence-electron chi connectivity index (χ4n) is 2.85. The summed E-state index contributed by atoms with van der Waals surface area (Å²) in [4.78, 5) is 12.4. The van der Waals surface area contributed by atoms with E-state index in [0.29, 0.717) is 19.6 Å². The number of aryl methyl sites for hydroxylation is 1. The van der Waals surface area contributed by atoms with Gasteiger partial charge in [0, 0.05) is 37.9 Å². The summed E-state index contributed by atoms with van der Waals surface area (Å²) in [5.74, 6) is 0.763. The Balaban J connectivity index is 1.60. The van der Waals surface area contributed by atoms with Gasteiger partial charge in [-0.3, -0.25) is 9.48 Å². The minimum absolute atomic E-state index is 0.0392. The van der Waals surface area contributed by atoms with Gasteiger partial charge in [0.1, 0.15) is 5.76 Å². The standard InChI is InChI=1S/C16H21N3O3/c1-11-14(10-18-19(11)2)15-13(6-9-22-15)16(20)17-7-5-12-4-3-8-21-12/h3-4,8,10,13,15H,5-7,9H2,1-2H3,(H,17,20)/t13-,15-/m0/s1. The molecule has 2 atom stereocenters. The van der Waals surface area contributed by atoms with Crippen LogP contribution >= 0.6 is 0 Å². The first-order valence-corrected chi connectivity index (χ1v) is 7.57. The third-order valence-corrected chi connectivity index (χ3v) is 4.26. The number of hydrogen-bond donors (Lipinski definition) is 1. The average Bonchev–Trinajstić information content (AvgIpc) is 3.22. The zero-order chi connectivity index (χ0) is 15.5. The lowest BCUT2D eigenvalue weighted by Gasteiger charge is -2.18. The van der Waals surface area contributed by atoms with Crippen LogP contribution in [-0.2, 0) is 23.0 Å². The van der Waals surface area contributed by atoms with Gasteiger partial charge in [-0.2, -0.15) is 5.10 Å². The second kappa shape index (κ2) is 6.36. The highest BCUT2D eigenvalue weighted by molar-refractivity contribution is 5.79. The predicted molar refractivity (Wildman–Crippen MR) is 80.2 cm³/mol. The molecule has 22 heavy (non-hydrogen) atoms. The van der Waals surface area contributed by atoms with Crippen molar-refractivity contribution < 1.29 is 13.9 Å². The van der Waals surface area contributed by atoms with Crippen molar-refractivity contribution in [3.8, 4) is 0 Å². The Kier molecular flexibility index (Phi) is 4.29. The Morgan fingerprint density at radius 1 is 1.55 bits per heavy atom. The lowest BCUT2D eigenvalue weighted by molar-refractivity contribution is -0.126. The first-order valence-electron chi connectivity index (χ1n) is 7.57. The quantitative estimate of drug-likeness (QED) is 0.914. The molecule has 0 spiro atoms. The Morgan fingerprint density at radius 2 is 2.41 bits per heavy atom. The molecule has 0 unspecified atom stereocenters. The lowest BCUT2D eigenvalue weighted by atomic mass is 9.95. The van der Waals surface area contributed by atoms with Gasteiger partial charge in [-0.05, 0) is 25.5 Å². The summed E-state index contributed by atoms with van der Waals surface area (Å²) in [5, 5.41) is 7.23. The average molecular weight is 303 g/mol. The number of rotatable bonds is 5. The van der Waals surface area contributed by atoms with Crippen molar-refractivity contribution in [3.63, 3.8) is 0 Å². The van der Waals surface area contributed by atoms with Gasteiger partial charge in [-0.25, -0.2) is 0 Å². The molecule has 1 amide bonds. The molecule has 1 N–H and O–H groups in total. The molecule has 1 saturated heterocycles. The Morgan fingerprint density at radius 3 is 3.09 bits per heavy atom. The van der Waals surface area contributed by atoms with Crippen LogP contribution in [0.15, 0.2) is 29.0 Å². The Bertz CT molecular complexity index is 633. The van der Waals surface area contributed by atoms with Crippen LogP contribution < -0.4 is 5.32 Å². The van der Waals surface area contributed by atoms with Gasteiger partial charge >= 0.3 is 0 Å². The summed E-state index contributed by atoms with van der Waals surface area (Å²) in [5.41, 5.74) is 2.05. The number of ether oxygens (including phenoxy) is 1. The highest BCUT2D eigenvalue weighted by Gasteiger charge is 2.36. The van der Waals surface area contributed by atoms with E-state index in [0.717, 1.165) is 23.4 Å². The van der Waals surface area contributed by atoms with E-state index in [9.17, 15) is 4.79 Å². The van der Waals surface area contributed by atoms with Crippen LogP contribution in [0.4, 0.5) is 0 Å². The largest absolute Gasteiger partial charge is 0.469 e. The monoisotopic (exact) mass is 303 g/mol. The fraction of sp³-hybridized carbons (Fsp3) is 0.500. The third kappa shape index (κ3) is 2.92. The number of carbonyl (C=O) groups excluding carboxylic acids is 1. The maximum Gasteiger partial charge on any atom is 0.226 e. The molecule has 0 saturated carbocycles. The molecule has 0 radical (unpaired) electrons. The Hall–Kier alpha value is -2.08. The molecule has 2 aromatic rings. The number of amides is 1. The van der Waals surface area contributed by atoms with Gasteiger partial charge in [-0.15, -0.1) is 0 Å². The predicted octanol–water partition coefficient (Wildman–Crippen LogP) is 1.76. The fourth-order valence-corrected chi connectivity index (χ4v) is 2.85. The number of furan rings is 1. The number of nitrogens with zero attached hydrogens (tertiary/aromatic N) is 2. The minimum atomic E-state index is -0.197. The molecular weight excluding hydrogens is 282 g/mol. The van der Waals surface area contributed by atoms with E-state index in [4.69, 9.17) is 9.15 Å². The molecule has 1 fully saturated rings. The van der Waals surface area contributed by atoms with E-state index >= 15 is 0 Å². The molecular formula is C16H21N3O3. The molecule has 118 valence electrons. The summed E-state index contributed by atoms with van der Waals surface area (Å²) in [6.07, 6.45) is 4.68. The molecule has 3 rings (SSSR count).